The van der Waals surface area contributed by atoms with E-state index in [9.17, 15) is 34.1 Å². The Morgan fingerprint density at radius 2 is 1.78 bits per heavy atom. The van der Waals surface area contributed by atoms with E-state index in [1.54, 1.807) is 17.5 Å². The number of carbonyl (C=O) groups excluding carboxylic acids is 5. The fraction of sp³-hybridized carbons (Fsp3) is 0.667. The number of nitro groups is 1. The Morgan fingerprint density at radius 3 is 2.34 bits per heavy atom. The molecule has 326 valence electrons. The molecule has 59 heavy (non-hydrogen) atoms. The van der Waals surface area contributed by atoms with Crippen molar-refractivity contribution in [1.82, 2.24) is 30.7 Å². The van der Waals surface area contributed by atoms with E-state index in [-0.39, 0.29) is 53.5 Å². The number of benzene rings is 1. The van der Waals surface area contributed by atoms with Gasteiger partial charge in [0.25, 0.3) is 11.6 Å². The molecule has 1 aliphatic carbocycles. The third kappa shape index (κ3) is 12.4. The first-order valence-electron chi connectivity index (χ1n) is 20.8. The van der Waals surface area contributed by atoms with Gasteiger partial charge in [0.15, 0.2) is 6.10 Å². The molecular weight excluding hydrogens is 779 g/mol. The number of amides is 4. The van der Waals surface area contributed by atoms with E-state index in [0.717, 1.165) is 42.7 Å². The number of nitrogens with one attached hydrogen (secondary N) is 3. The highest BCUT2D eigenvalue weighted by Crippen LogP contribution is 2.51. The van der Waals surface area contributed by atoms with Crippen molar-refractivity contribution >= 4 is 46.8 Å². The SMILES string of the molecule is CCCN(C(=O)[C@@H](NC(=O)[C@H]1CCCCN1C)[C@@H](C)CC)[C@H](C[C@@H](OC(=O)NC)c1nc(C(=O)N[C@@H](Cc2ccc([N+](=O)[O-])cc2)CC2(C(=O)OC)CC2)cs1)C(C)C. The van der Waals surface area contributed by atoms with Crippen LogP contribution in [0.3, 0.4) is 0 Å². The van der Waals surface area contributed by atoms with E-state index in [1.807, 2.05) is 51.5 Å². The van der Waals surface area contributed by atoms with Crippen LogP contribution in [0.1, 0.15) is 120 Å². The second-order valence-electron chi connectivity index (χ2n) is 16.4. The Labute approximate surface area is 351 Å². The van der Waals surface area contributed by atoms with Crippen LogP contribution in [0.15, 0.2) is 29.6 Å². The van der Waals surface area contributed by atoms with Gasteiger partial charge in [-0.3, -0.25) is 34.2 Å². The Hall–Kier alpha value is -4.64. The number of carbonyl (C=O) groups is 5. The number of thiazole rings is 1. The summed E-state index contributed by atoms with van der Waals surface area (Å²) in [5, 5.41) is 21.8. The molecule has 1 saturated carbocycles. The van der Waals surface area contributed by atoms with Crippen LogP contribution in [0.5, 0.6) is 0 Å². The minimum Gasteiger partial charge on any atom is -0.469 e. The summed E-state index contributed by atoms with van der Waals surface area (Å²) in [6.07, 6.45) is 4.42. The van der Waals surface area contributed by atoms with Crippen molar-refractivity contribution in [3.05, 3.63) is 56.0 Å². The van der Waals surface area contributed by atoms with Crippen LogP contribution in [0.2, 0.25) is 0 Å². The van der Waals surface area contributed by atoms with E-state index in [0.29, 0.717) is 50.1 Å². The fourth-order valence-electron chi connectivity index (χ4n) is 7.91. The largest absolute Gasteiger partial charge is 0.469 e. The summed E-state index contributed by atoms with van der Waals surface area (Å²) in [5.74, 6) is -1.42. The molecule has 2 heterocycles. The molecule has 4 rings (SSSR count). The highest BCUT2D eigenvalue weighted by Gasteiger charge is 2.52. The number of nitro benzene ring substituents is 1. The summed E-state index contributed by atoms with van der Waals surface area (Å²) in [4.78, 5) is 87.0. The second kappa shape index (κ2) is 21.6. The number of methoxy groups -OCH3 is 1. The minimum atomic E-state index is -0.932. The number of esters is 1. The van der Waals surface area contributed by atoms with Gasteiger partial charge in [-0.15, -0.1) is 11.3 Å². The Balaban J connectivity index is 1.59. The van der Waals surface area contributed by atoms with Crippen molar-refractivity contribution in [2.24, 2.45) is 17.3 Å². The molecule has 1 aliphatic heterocycles. The molecule has 2 fully saturated rings. The number of hydrogen-bond donors (Lipinski definition) is 3. The molecule has 2 aliphatic rings. The van der Waals surface area contributed by atoms with Crippen LogP contribution in [0.4, 0.5) is 10.5 Å². The van der Waals surface area contributed by atoms with Gasteiger partial charge in [-0.2, -0.15) is 0 Å². The predicted molar refractivity (Wildman–Crippen MR) is 224 cm³/mol. The van der Waals surface area contributed by atoms with Crippen LogP contribution < -0.4 is 16.0 Å². The maximum Gasteiger partial charge on any atom is 0.407 e. The molecule has 4 amide bonds. The predicted octanol–water partition coefficient (Wildman–Crippen LogP) is 5.80. The number of rotatable bonds is 21. The lowest BCUT2D eigenvalue weighted by atomic mass is 9.92. The summed E-state index contributed by atoms with van der Waals surface area (Å²) < 4.78 is 11.0. The molecule has 17 heteroatoms. The molecule has 1 aromatic carbocycles. The molecule has 0 radical (unpaired) electrons. The van der Waals surface area contributed by atoms with Crippen LogP contribution >= 0.6 is 11.3 Å². The van der Waals surface area contributed by atoms with Crippen LogP contribution in [-0.4, -0.2) is 108 Å². The fourth-order valence-corrected chi connectivity index (χ4v) is 8.75. The Morgan fingerprint density at radius 1 is 1.08 bits per heavy atom. The molecule has 1 aromatic heterocycles. The first-order chi connectivity index (χ1) is 28.1. The van der Waals surface area contributed by atoms with Crippen LogP contribution in [0.25, 0.3) is 0 Å². The zero-order valence-electron chi connectivity index (χ0n) is 35.8. The zero-order valence-corrected chi connectivity index (χ0v) is 36.6. The quantitative estimate of drug-likeness (QED) is 0.0779. The van der Waals surface area contributed by atoms with Crippen LogP contribution in [0, 0.1) is 27.4 Å². The lowest BCUT2D eigenvalue weighted by Crippen LogP contribution is -2.58. The van der Waals surface area contributed by atoms with E-state index < -0.39 is 46.6 Å². The van der Waals surface area contributed by atoms with E-state index in [4.69, 9.17) is 9.47 Å². The third-order valence-corrected chi connectivity index (χ3v) is 12.7. The number of non-ortho nitro benzene ring substituents is 1. The highest BCUT2D eigenvalue weighted by atomic mass is 32.1. The van der Waals surface area contributed by atoms with Gasteiger partial charge in [-0.25, -0.2) is 9.78 Å². The van der Waals surface area contributed by atoms with E-state index >= 15 is 0 Å². The number of likely N-dealkylation sites (tertiary alicyclic amines) is 1. The van der Waals surface area contributed by atoms with Crippen molar-refractivity contribution < 1.29 is 38.4 Å². The molecule has 3 N–H and O–H groups in total. The molecule has 0 unspecified atom stereocenters. The molecule has 16 nitrogen and oxygen atoms in total. The highest BCUT2D eigenvalue weighted by molar-refractivity contribution is 7.09. The number of alkyl carbamates (subject to hydrolysis) is 1. The average Bonchev–Trinajstić information content (AvgIpc) is 3.83. The monoisotopic (exact) mass is 841 g/mol. The number of nitrogens with zero attached hydrogens (tertiary/aromatic N) is 4. The number of hydrogen-bond acceptors (Lipinski definition) is 12. The second-order valence-corrected chi connectivity index (χ2v) is 17.3. The van der Waals surface area contributed by atoms with Gasteiger partial charge in [0, 0.05) is 49.6 Å². The lowest BCUT2D eigenvalue weighted by molar-refractivity contribution is -0.384. The van der Waals surface area contributed by atoms with Gasteiger partial charge in [0.05, 0.1) is 23.5 Å². The standard InChI is InChI=1S/C42H63N7O9S/c1-9-20-48(39(52)35(27(5)10-2)46-37(51)32-13-11-12-21-47(32)7)33(26(3)4)23-34(58-41(54)43-6)38-45-31(25-59-38)36(50)44-29(24-42(18-19-42)40(53)57-8)22-28-14-16-30(17-15-28)49(55)56/h14-17,25-27,29,32-35H,9-13,18-24H2,1-8H3,(H,43,54)(H,44,50)(H,46,51)/t27-,29-,32+,33+,34+,35-/m0/s1. The smallest absolute Gasteiger partial charge is 0.407 e. The Kier molecular flexibility index (Phi) is 17.2. The van der Waals surface area contributed by atoms with Gasteiger partial charge in [-0.05, 0) is 75.9 Å². The first-order valence-corrected chi connectivity index (χ1v) is 21.7. The van der Waals surface area contributed by atoms with Gasteiger partial charge >= 0.3 is 12.1 Å². The van der Waals surface area contributed by atoms with Gasteiger partial charge in [-0.1, -0.05) is 59.6 Å². The third-order valence-electron chi connectivity index (χ3n) is 11.8. The topological polar surface area (TPSA) is 202 Å². The van der Waals surface area contributed by atoms with Crippen LogP contribution in [-0.2, 0) is 30.3 Å². The lowest BCUT2D eigenvalue weighted by Gasteiger charge is -2.40. The molecule has 0 bridgehead atoms. The molecule has 1 saturated heterocycles. The van der Waals surface area contributed by atoms with E-state index in [2.05, 4.69) is 20.9 Å². The summed E-state index contributed by atoms with van der Waals surface area (Å²) >= 11 is 1.15. The summed E-state index contributed by atoms with van der Waals surface area (Å²) in [6, 6.07) is 4.03. The van der Waals surface area contributed by atoms with E-state index in [1.165, 1.54) is 26.3 Å². The van der Waals surface area contributed by atoms with Gasteiger partial charge < -0.3 is 30.3 Å². The summed E-state index contributed by atoms with van der Waals surface area (Å²) in [6.45, 7) is 11.2. The van der Waals surface area contributed by atoms with Gasteiger partial charge in [0.1, 0.15) is 16.7 Å². The summed E-state index contributed by atoms with van der Waals surface area (Å²) in [5.41, 5.74) is 0.0331. The maximum atomic E-state index is 14.7. The van der Waals surface area contributed by atoms with Crippen molar-refractivity contribution in [2.45, 2.75) is 129 Å². The van der Waals surface area contributed by atoms with Crippen molar-refractivity contribution in [2.75, 3.05) is 34.3 Å². The molecular formula is C42H63N7O9S. The molecule has 6 atom stereocenters. The number of likely N-dealkylation sites (N-methyl/N-ethyl adjacent to an activating group) is 1. The minimum absolute atomic E-state index is 0.0576. The molecule has 2 aromatic rings. The van der Waals surface area contributed by atoms with Gasteiger partial charge in [0.2, 0.25) is 11.8 Å². The average molecular weight is 842 g/mol. The normalized spacial score (nSPS) is 18.7. The van der Waals surface area contributed by atoms with Crippen molar-refractivity contribution in [3.63, 3.8) is 0 Å². The molecule has 0 spiro atoms. The first kappa shape index (κ1) is 47.0. The number of aromatic nitrogens is 1. The van der Waals surface area contributed by atoms with Crippen molar-refractivity contribution in [1.29, 1.82) is 0 Å². The van der Waals surface area contributed by atoms with Crippen molar-refractivity contribution in [3.8, 4) is 0 Å². The number of piperidine rings is 1. The maximum absolute atomic E-state index is 14.7. The Bertz CT molecular complexity index is 1770. The summed E-state index contributed by atoms with van der Waals surface area (Å²) in [7, 11) is 4.72. The zero-order chi connectivity index (χ0) is 43.4. The number of ether oxygens (including phenoxy) is 2.